The molecule has 142 valence electrons. The molecule has 0 aliphatic carbocycles. The molecular formula is C22H26N2O3. The zero-order valence-electron chi connectivity index (χ0n) is 15.9. The highest BCUT2D eigenvalue weighted by molar-refractivity contribution is 5.93. The first-order valence-corrected chi connectivity index (χ1v) is 9.45. The number of amides is 1. The number of hydrogen-bond acceptors (Lipinski definition) is 4. The first-order chi connectivity index (χ1) is 13.2. The predicted molar refractivity (Wildman–Crippen MR) is 108 cm³/mol. The molecule has 27 heavy (non-hydrogen) atoms. The molecule has 0 aliphatic heterocycles. The van der Waals surface area contributed by atoms with Crippen LogP contribution in [0, 0.1) is 5.92 Å². The smallest absolute Gasteiger partial charge is 0.222 e. The molecule has 0 fully saturated rings. The second-order valence-corrected chi connectivity index (χ2v) is 6.60. The first kappa shape index (κ1) is 19.1. The van der Waals surface area contributed by atoms with Gasteiger partial charge in [0.2, 0.25) is 5.91 Å². The predicted octanol–water partition coefficient (Wildman–Crippen LogP) is 3.95. The summed E-state index contributed by atoms with van der Waals surface area (Å²) in [6, 6.07) is 16.1. The Balaban J connectivity index is 1.44. The van der Waals surface area contributed by atoms with Gasteiger partial charge in [-0.05, 0) is 36.8 Å². The van der Waals surface area contributed by atoms with Crippen molar-refractivity contribution in [3.05, 3.63) is 48.5 Å². The van der Waals surface area contributed by atoms with E-state index in [-0.39, 0.29) is 11.8 Å². The largest absolute Gasteiger partial charge is 0.491 e. The normalized spacial score (nSPS) is 12.2. The molecule has 0 aliphatic rings. The maximum absolute atomic E-state index is 11.6. The van der Waals surface area contributed by atoms with Crippen LogP contribution in [0.15, 0.2) is 48.5 Å². The fraction of sp³-hybridized carbons (Fsp3) is 0.364. The van der Waals surface area contributed by atoms with Crippen LogP contribution in [0.3, 0.4) is 0 Å². The van der Waals surface area contributed by atoms with Gasteiger partial charge in [0.15, 0.2) is 0 Å². The minimum absolute atomic E-state index is 0.0489. The number of hydrogen-bond donors (Lipinski definition) is 1. The molecule has 0 radical (unpaired) electrons. The summed E-state index contributed by atoms with van der Waals surface area (Å²) in [5.74, 6) is 0.927. The molecule has 1 unspecified atom stereocenters. The monoisotopic (exact) mass is 366 g/mol. The van der Waals surface area contributed by atoms with Crippen molar-refractivity contribution >= 4 is 27.7 Å². The molecule has 0 saturated heterocycles. The Morgan fingerprint density at radius 2 is 1.85 bits per heavy atom. The van der Waals surface area contributed by atoms with Gasteiger partial charge in [0.25, 0.3) is 0 Å². The van der Waals surface area contributed by atoms with E-state index < -0.39 is 0 Å². The molecule has 0 spiro atoms. The molecule has 1 heterocycles. The Labute approximate surface area is 159 Å². The average molecular weight is 366 g/mol. The Kier molecular flexibility index (Phi) is 6.60. The van der Waals surface area contributed by atoms with Gasteiger partial charge in [0.1, 0.15) is 12.4 Å². The minimum atomic E-state index is 0.0489. The summed E-state index contributed by atoms with van der Waals surface area (Å²) in [6.45, 7) is 5.88. The highest BCUT2D eigenvalue weighted by Gasteiger charge is 2.08. The van der Waals surface area contributed by atoms with Crippen molar-refractivity contribution < 1.29 is 14.3 Å². The third-order valence-corrected chi connectivity index (χ3v) is 4.59. The van der Waals surface area contributed by atoms with Crippen molar-refractivity contribution in [3.8, 4) is 5.75 Å². The number of benzene rings is 2. The molecule has 5 heteroatoms. The molecule has 1 N–H and O–H groups in total. The lowest BCUT2D eigenvalue weighted by Gasteiger charge is -2.11. The van der Waals surface area contributed by atoms with Gasteiger partial charge in [-0.1, -0.05) is 32.0 Å². The highest BCUT2D eigenvalue weighted by Crippen LogP contribution is 2.23. The van der Waals surface area contributed by atoms with Crippen molar-refractivity contribution in [3.63, 3.8) is 0 Å². The van der Waals surface area contributed by atoms with Crippen LogP contribution < -0.4 is 10.1 Å². The molecular weight excluding hydrogens is 340 g/mol. The molecule has 1 aromatic heterocycles. The number of nitrogens with zero attached hydrogens (tertiary/aromatic N) is 1. The van der Waals surface area contributed by atoms with Crippen LogP contribution >= 0.6 is 0 Å². The van der Waals surface area contributed by atoms with Crippen molar-refractivity contribution in [2.75, 3.05) is 26.4 Å². The lowest BCUT2D eigenvalue weighted by Crippen LogP contribution is -2.31. The van der Waals surface area contributed by atoms with Gasteiger partial charge in [0.05, 0.1) is 24.2 Å². The number of nitrogens with one attached hydrogen (secondary N) is 1. The molecule has 5 nitrogen and oxygen atoms in total. The molecule has 1 amide bonds. The topological polar surface area (TPSA) is 60.5 Å². The van der Waals surface area contributed by atoms with Gasteiger partial charge in [-0.3, -0.25) is 4.79 Å². The Morgan fingerprint density at radius 3 is 2.70 bits per heavy atom. The second-order valence-electron chi connectivity index (χ2n) is 6.60. The van der Waals surface area contributed by atoms with Crippen LogP contribution in [0.2, 0.25) is 0 Å². The van der Waals surface area contributed by atoms with Gasteiger partial charge >= 0.3 is 0 Å². The van der Waals surface area contributed by atoms with Crippen molar-refractivity contribution in [2.24, 2.45) is 5.92 Å². The van der Waals surface area contributed by atoms with Crippen molar-refractivity contribution in [1.82, 2.24) is 10.3 Å². The standard InChI is InChI=1S/C22H26N2O3/c1-3-16(2)22(25)23-10-11-26-12-13-27-19-8-9-21-18(15-19)14-17-6-4-5-7-20(17)24-21/h4-9,14-16H,3,10-13H2,1-2H3,(H,23,25). The number of para-hydroxylation sites is 1. The number of fused-ring (bicyclic) bond motifs is 2. The fourth-order valence-electron chi connectivity index (χ4n) is 2.78. The Hall–Kier alpha value is -2.66. The number of ether oxygens (including phenoxy) is 2. The van der Waals surface area contributed by atoms with Crippen molar-refractivity contribution in [1.29, 1.82) is 0 Å². The summed E-state index contributed by atoms with van der Waals surface area (Å²) >= 11 is 0. The maximum Gasteiger partial charge on any atom is 0.222 e. The Bertz CT molecular complexity index is 910. The minimum Gasteiger partial charge on any atom is -0.491 e. The van der Waals surface area contributed by atoms with E-state index in [2.05, 4.69) is 22.4 Å². The van der Waals surface area contributed by atoms with Gasteiger partial charge in [0, 0.05) is 23.2 Å². The van der Waals surface area contributed by atoms with Crippen LogP contribution in [0.4, 0.5) is 0 Å². The van der Waals surface area contributed by atoms with Crippen LogP contribution in [-0.2, 0) is 9.53 Å². The van der Waals surface area contributed by atoms with E-state index in [9.17, 15) is 4.79 Å². The molecule has 1 atom stereocenters. The third kappa shape index (κ3) is 5.17. The Morgan fingerprint density at radius 1 is 1.04 bits per heavy atom. The number of carbonyl (C=O) groups is 1. The van der Waals surface area contributed by atoms with Gasteiger partial charge < -0.3 is 14.8 Å². The average Bonchev–Trinajstić information content (AvgIpc) is 2.70. The van der Waals surface area contributed by atoms with Crippen LogP contribution in [0.25, 0.3) is 21.8 Å². The van der Waals surface area contributed by atoms with E-state index in [4.69, 9.17) is 9.47 Å². The molecule has 3 aromatic rings. The van der Waals surface area contributed by atoms with Gasteiger partial charge in [-0.25, -0.2) is 4.98 Å². The number of carbonyl (C=O) groups excluding carboxylic acids is 1. The lowest BCUT2D eigenvalue weighted by atomic mass is 10.1. The van der Waals surface area contributed by atoms with E-state index in [1.165, 1.54) is 0 Å². The van der Waals surface area contributed by atoms with E-state index in [0.717, 1.165) is 34.0 Å². The van der Waals surface area contributed by atoms with Gasteiger partial charge in [-0.2, -0.15) is 0 Å². The summed E-state index contributed by atoms with van der Waals surface area (Å²) in [6.07, 6.45) is 0.845. The lowest BCUT2D eigenvalue weighted by molar-refractivity contribution is -0.124. The van der Waals surface area contributed by atoms with Crippen molar-refractivity contribution in [2.45, 2.75) is 20.3 Å². The summed E-state index contributed by atoms with van der Waals surface area (Å²) in [7, 11) is 0. The van der Waals surface area contributed by atoms with E-state index in [1.54, 1.807) is 0 Å². The molecule has 0 saturated carbocycles. The van der Waals surface area contributed by atoms with E-state index in [1.807, 2.05) is 50.2 Å². The van der Waals surface area contributed by atoms with E-state index in [0.29, 0.717) is 26.4 Å². The maximum atomic E-state index is 11.6. The second kappa shape index (κ2) is 9.33. The zero-order chi connectivity index (χ0) is 19.1. The quantitative estimate of drug-likeness (QED) is 0.460. The van der Waals surface area contributed by atoms with Gasteiger partial charge in [-0.15, -0.1) is 0 Å². The van der Waals surface area contributed by atoms with E-state index >= 15 is 0 Å². The summed E-state index contributed by atoms with van der Waals surface area (Å²) in [5.41, 5.74) is 1.95. The highest BCUT2D eigenvalue weighted by atomic mass is 16.5. The number of rotatable bonds is 9. The molecule has 3 rings (SSSR count). The first-order valence-electron chi connectivity index (χ1n) is 9.45. The molecule has 2 aromatic carbocycles. The summed E-state index contributed by atoms with van der Waals surface area (Å²) in [5, 5.41) is 5.04. The molecule has 0 bridgehead atoms. The third-order valence-electron chi connectivity index (χ3n) is 4.59. The summed E-state index contributed by atoms with van der Waals surface area (Å²) < 4.78 is 11.3. The fourth-order valence-corrected chi connectivity index (χ4v) is 2.78. The van der Waals surface area contributed by atoms with Crippen LogP contribution in [0.5, 0.6) is 5.75 Å². The zero-order valence-corrected chi connectivity index (χ0v) is 15.9. The SMILES string of the molecule is CCC(C)C(=O)NCCOCCOc1ccc2nc3ccccc3cc2c1. The number of pyridine rings is 1. The number of aromatic nitrogens is 1. The summed E-state index contributed by atoms with van der Waals surface area (Å²) in [4.78, 5) is 16.3. The van der Waals surface area contributed by atoms with Crippen LogP contribution in [-0.4, -0.2) is 37.3 Å². The van der Waals surface area contributed by atoms with Crippen LogP contribution in [0.1, 0.15) is 20.3 Å².